The third-order valence-electron chi connectivity index (χ3n) is 3.54. The predicted molar refractivity (Wildman–Crippen MR) is 114 cm³/mol. The Balaban J connectivity index is 0. The third-order valence-corrected chi connectivity index (χ3v) is 3.54. The van der Waals surface area contributed by atoms with Gasteiger partial charge in [-0.2, -0.15) is 24.3 Å². The molecule has 0 N–H and O–H groups in total. The summed E-state index contributed by atoms with van der Waals surface area (Å²) in [6.45, 7) is 0. The SMILES string of the molecule is [CH3][GeH][CH3].[Cl-].[Cl-].[Hf+4].c1ccc(-[c-]2cccc2)cc1.c1ccc(-[c-]2cccc2)cc1. The summed E-state index contributed by atoms with van der Waals surface area (Å²) in [6, 6.07) is 37.5. The number of hydrogen-bond acceptors (Lipinski definition) is 0. The van der Waals surface area contributed by atoms with E-state index in [1.807, 2.05) is 12.1 Å². The van der Waals surface area contributed by atoms with E-state index in [0.717, 1.165) is 0 Å². The third kappa shape index (κ3) is 10.6. The van der Waals surface area contributed by atoms with Gasteiger partial charge in [0.1, 0.15) is 0 Å². The molecule has 0 aromatic heterocycles. The van der Waals surface area contributed by atoms with Crippen LogP contribution in [0.5, 0.6) is 0 Å². The van der Waals surface area contributed by atoms with Crippen LogP contribution in [-0.2, 0) is 25.8 Å². The summed E-state index contributed by atoms with van der Waals surface area (Å²) in [5.74, 6) is 4.56. The molecule has 0 aliphatic heterocycles. The molecule has 143 valence electrons. The summed E-state index contributed by atoms with van der Waals surface area (Å²) < 4.78 is 0. The van der Waals surface area contributed by atoms with Crippen molar-refractivity contribution in [2.24, 2.45) is 0 Å². The van der Waals surface area contributed by atoms with Crippen LogP contribution in [-0.4, -0.2) is 15.4 Å². The topological polar surface area (TPSA) is 0 Å². The van der Waals surface area contributed by atoms with Gasteiger partial charge in [0, 0.05) is 0 Å². The molecule has 0 unspecified atom stereocenters. The Morgan fingerprint density at radius 1 is 0.500 bits per heavy atom. The van der Waals surface area contributed by atoms with E-state index < -0.39 is 0 Å². The minimum atomic E-state index is 0. The number of rotatable bonds is 2. The molecule has 0 bridgehead atoms. The zero-order valence-corrected chi connectivity index (χ0v) is 23.8. The Hall–Kier alpha value is -0.867. The standard InChI is InChI=1S/2C11H9.C2H7Ge.2ClH.Hf/c2*1-2-6-10(7-3-1)11-8-4-5-9-11;1-3-2;;;/h2*1-9H;3H,1-2H3;2*1H;/q2*-1;;;;+4/p-2. The van der Waals surface area contributed by atoms with E-state index in [4.69, 9.17) is 0 Å². The van der Waals surface area contributed by atoms with Gasteiger partial charge in [-0.15, -0.1) is 59.7 Å². The molecular weight excluding hydrogens is 610 g/mol. The maximum atomic E-state index is 2.28. The van der Waals surface area contributed by atoms with Gasteiger partial charge in [0.2, 0.25) is 0 Å². The molecule has 0 aliphatic rings. The second-order valence-electron chi connectivity index (χ2n) is 5.66. The monoisotopic (exact) mass is 637 g/mol. The predicted octanol–water partition coefficient (Wildman–Crippen LogP) is 0.670. The van der Waals surface area contributed by atoms with Crippen molar-refractivity contribution in [2.75, 3.05) is 0 Å². The molecule has 0 saturated carbocycles. The summed E-state index contributed by atoms with van der Waals surface area (Å²) in [4.78, 5) is 0. The molecule has 4 aromatic carbocycles. The molecule has 0 nitrogen and oxygen atoms in total. The van der Waals surface area contributed by atoms with Crippen molar-refractivity contribution in [3.63, 3.8) is 0 Å². The van der Waals surface area contributed by atoms with Crippen LogP contribution in [0.3, 0.4) is 0 Å². The molecule has 0 spiro atoms. The van der Waals surface area contributed by atoms with E-state index >= 15 is 0 Å². The van der Waals surface area contributed by atoms with Crippen molar-refractivity contribution < 1.29 is 50.7 Å². The van der Waals surface area contributed by atoms with Crippen molar-refractivity contribution >= 4 is 15.4 Å². The van der Waals surface area contributed by atoms with Gasteiger partial charge in [-0.1, -0.05) is 47.5 Å². The maximum Gasteiger partial charge on any atom is 4.00 e. The van der Waals surface area contributed by atoms with Gasteiger partial charge in [-0.25, -0.2) is 0 Å². The summed E-state index contributed by atoms with van der Waals surface area (Å²) in [5.41, 5.74) is 5.17. The van der Waals surface area contributed by atoms with E-state index in [1.54, 1.807) is 0 Å². The summed E-state index contributed by atoms with van der Waals surface area (Å²) >= 11 is 0.312. The van der Waals surface area contributed by atoms with Crippen LogP contribution in [0, 0.1) is 0 Å². The normalized spacial score (nSPS) is 8.36. The number of benzene rings is 2. The van der Waals surface area contributed by atoms with Gasteiger partial charge in [0.05, 0.1) is 0 Å². The Bertz CT molecular complexity index is 714. The smallest absolute Gasteiger partial charge is 1.00 e. The van der Waals surface area contributed by atoms with Crippen LogP contribution in [0.25, 0.3) is 22.3 Å². The van der Waals surface area contributed by atoms with Gasteiger partial charge in [0.15, 0.2) is 0 Å². The molecule has 4 heteroatoms. The molecule has 1 radical (unpaired) electrons. The van der Waals surface area contributed by atoms with Crippen molar-refractivity contribution in [2.45, 2.75) is 11.5 Å². The molecule has 0 saturated heterocycles. The first-order valence-corrected chi connectivity index (χ1v) is 13.5. The zero-order valence-electron chi connectivity index (χ0n) is 16.2. The summed E-state index contributed by atoms with van der Waals surface area (Å²) in [7, 11) is 0. The summed E-state index contributed by atoms with van der Waals surface area (Å²) in [5, 5.41) is 0. The Labute approximate surface area is 207 Å². The fourth-order valence-corrected chi connectivity index (χ4v) is 2.39. The van der Waals surface area contributed by atoms with E-state index in [-0.39, 0.29) is 50.7 Å². The molecule has 0 atom stereocenters. The molecular formula is C24H25Cl2GeHf. The molecule has 0 amide bonds. The Morgan fingerprint density at radius 3 is 1.00 bits per heavy atom. The molecule has 4 rings (SSSR count). The molecule has 0 aliphatic carbocycles. The molecule has 4 aromatic rings. The van der Waals surface area contributed by atoms with E-state index in [2.05, 4.69) is 109 Å². The van der Waals surface area contributed by atoms with Gasteiger partial charge < -0.3 is 24.8 Å². The van der Waals surface area contributed by atoms with Gasteiger partial charge in [-0.3, -0.25) is 0 Å². The van der Waals surface area contributed by atoms with Gasteiger partial charge in [-0.05, 0) is 0 Å². The van der Waals surface area contributed by atoms with Gasteiger partial charge in [0.25, 0.3) is 0 Å². The maximum absolute atomic E-state index is 2.28. The number of hydrogen-bond donors (Lipinski definition) is 0. The Morgan fingerprint density at radius 2 is 0.750 bits per heavy atom. The number of halogens is 2. The van der Waals surface area contributed by atoms with Crippen LogP contribution >= 0.6 is 0 Å². The quantitative estimate of drug-likeness (QED) is 0.225. The fourth-order valence-electron chi connectivity index (χ4n) is 2.39. The van der Waals surface area contributed by atoms with Gasteiger partial charge >= 0.3 is 52.8 Å². The first-order chi connectivity index (χ1) is 12.3. The van der Waals surface area contributed by atoms with Crippen LogP contribution in [0.2, 0.25) is 11.5 Å². The Kier molecular flexibility index (Phi) is 19.0. The van der Waals surface area contributed by atoms with Crippen LogP contribution in [0.4, 0.5) is 0 Å². The van der Waals surface area contributed by atoms with Crippen molar-refractivity contribution in [1.82, 2.24) is 0 Å². The fraction of sp³-hybridized carbons (Fsp3) is 0.0833. The molecule has 0 fully saturated rings. The largest absolute Gasteiger partial charge is 4.00 e. The average Bonchev–Trinajstić information content (AvgIpc) is 3.39. The van der Waals surface area contributed by atoms with Crippen molar-refractivity contribution in [1.29, 1.82) is 0 Å². The van der Waals surface area contributed by atoms with E-state index in [1.165, 1.54) is 22.3 Å². The van der Waals surface area contributed by atoms with Crippen molar-refractivity contribution in [3.05, 3.63) is 109 Å². The van der Waals surface area contributed by atoms with Crippen LogP contribution in [0.1, 0.15) is 0 Å². The second kappa shape index (κ2) is 18.2. The minimum absolute atomic E-state index is 0. The van der Waals surface area contributed by atoms with Crippen LogP contribution < -0.4 is 24.8 Å². The summed E-state index contributed by atoms with van der Waals surface area (Å²) in [6.07, 6.45) is 0. The molecule has 0 heterocycles. The minimum Gasteiger partial charge on any atom is -1.00 e. The van der Waals surface area contributed by atoms with Crippen molar-refractivity contribution in [3.8, 4) is 22.3 Å². The van der Waals surface area contributed by atoms with Crippen LogP contribution in [0.15, 0.2) is 109 Å². The molecule has 28 heavy (non-hydrogen) atoms. The van der Waals surface area contributed by atoms with E-state index in [9.17, 15) is 0 Å². The average molecular weight is 635 g/mol. The first-order valence-electron chi connectivity index (χ1n) is 8.63. The zero-order chi connectivity index (χ0) is 17.7. The first kappa shape index (κ1) is 29.3. The van der Waals surface area contributed by atoms with E-state index in [0.29, 0.717) is 15.4 Å². The second-order valence-corrected chi connectivity index (χ2v) is 8.08.